The number of sulfonamides is 1. The van der Waals surface area contributed by atoms with Gasteiger partial charge in [-0.3, -0.25) is 9.78 Å². The van der Waals surface area contributed by atoms with E-state index in [0.717, 1.165) is 40.4 Å². The van der Waals surface area contributed by atoms with Gasteiger partial charge >= 0.3 is 0 Å². The third-order valence-electron chi connectivity index (χ3n) is 4.85. The summed E-state index contributed by atoms with van der Waals surface area (Å²) < 4.78 is 27.3. The standard InChI is InChI=1S/C20H22N4O3S3/c25-18(22-13-19-23-17(14-28-19)15-6-8-21-9-7-15)12-16-4-5-20(29-16)30(26,27)24-10-2-1-3-11-24/h4-9,14H,1-3,10-13H2,(H,22,25). The third-order valence-corrected chi connectivity index (χ3v) is 9.15. The molecule has 10 heteroatoms. The minimum Gasteiger partial charge on any atom is -0.349 e. The molecule has 3 aromatic heterocycles. The van der Waals surface area contributed by atoms with E-state index in [1.54, 1.807) is 28.8 Å². The Labute approximate surface area is 183 Å². The van der Waals surface area contributed by atoms with Crippen LogP contribution < -0.4 is 5.32 Å². The van der Waals surface area contributed by atoms with E-state index >= 15 is 0 Å². The SMILES string of the molecule is O=C(Cc1ccc(S(=O)(=O)N2CCCCC2)s1)NCc1nc(-c2ccncc2)cs1. The molecule has 1 saturated heterocycles. The first-order valence-electron chi connectivity index (χ1n) is 9.73. The molecule has 0 aromatic carbocycles. The molecule has 1 aliphatic rings. The highest BCUT2D eigenvalue weighted by Crippen LogP contribution is 2.27. The van der Waals surface area contributed by atoms with E-state index in [4.69, 9.17) is 0 Å². The van der Waals surface area contributed by atoms with Gasteiger partial charge in [0, 0.05) is 41.3 Å². The maximum atomic E-state index is 12.7. The zero-order valence-corrected chi connectivity index (χ0v) is 18.7. The molecular weight excluding hydrogens is 440 g/mol. The van der Waals surface area contributed by atoms with Gasteiger partial charge < -0.3 is 5.32 Å². The molecular formula is C20H22N4O3S3. The zero-order valence-electron chi connectivity index (χ0n) is 16.3. The van der Waals surface area contributed by atoms with Gasteiger partial charge in [0.2, 0.25) is 5.91 Å². The Morgan fingerprint density at radius 3 is 2.63 bits per heavy atom. The zero-order chi connectivity index (χ0) is 21.0. The fourth-order valence-corrected chi connectivity index (χ4v) is 7.04. The summed E-state index contributed by atoms with van der Waals surface area (Å²) >= 11 is 2.66. The van der Waals surface area contributed by atoms with Crippen LogP contribution in [0.4, 0.5) is 0 Å². The first-order chi connectivity index (χ1) is 14.5. The van der Waals surface area contributed by atoms with Crippen molar-refractivity contribution in [3.63, 3.8) is 0 Å². The monoisotopic (exact) mass is 462 g/mol. The second-order valence-electron chi connectivity index (χ2n) is 7.00. The molecule has 4 rings (SSSR count). The Hall–Kier alpha value is -2.14. The maximum absolute atomic E-state index is 12.7. The van der Waals surface area contributed by atoms with Gasteiger partial charge in [-0.15, -0.1) is 22.7 Å². The molecule has 4 heterocycles. The molecule has 0 radical (unpaired) electrons. The molecule has 1 aliphatic heterocycles. The number of nitrogens with zero attached hydrogens (tertiary/aromatic N) is 3. The topological polar surface area (TPSA) is 92.3 Å². The van der Waals surface area contributed by atoms with Gasteiger partial charge in [-0.1, -0.05) is 6.42 Å². The van der Waals surface area contributed by atoms with Crippen LogP contribution in [0.3, 0.4) is 0 Å². The van der Waals surface area contributed by atoms with Crippen molar-refractivity contribution in [3.8, 4) is 11.3 Å². The number of nitrogens with one attached hydrogen (secondary N) is 1. The predicted octanol–water partition coefficient (Wildman–Crippen LogP) is 3.30. The lowest BCUT2D eigenvalue weighted by atomic mass is 10.2. The number of hydrogen-bond donors (Lipinski definition) is 1. The van der Waals surface area contributed by atoms with Crippen LogP contribution in [0.25, 0.3) is 11.3 Å². The van der Waals surface area contributed by atoms with E-state index in [-0.39, 0.29) is 12.3 Å². The molecule has 1 N–H and O–H groups in total. The number of aromatic nitrogens is 2. The molecule has 7 nitrogen and oxygen atoms in total. The normalized spacial score (nSPS) is 15.2. The van der Waals surface area contributed by atoms with Gasteiger partial charge in [0.15, 0.2) is 0 Å². The average molecular weight is 463 g/mol. The predicted molar refractivity (Wildman–Crippen MR) is 118 cm³/mol. The van der Waals surface area contributed by atoms with Crippen LogP contribution in [0.1, 0.15) is 29.1 Å². The highest BCUT2D eigenvalue weighted by molar-refractivity contribution is 7.91. The summed E-state index contributed by atoms with van der Waals surface area (Å²) in [5.74, 6) is -0.153. The lowest BCUT2D eigenvalue weighted by Gasteiger charge is -2.25. The summed E-state index contributed by atoms with van der Waals surface area (Å²) in [6.45, 7) is 1.50. The van der Waals surface area contributed by atoms with E-state index in [9.17, 15) is 13.2 Å². The van der Waals surface area contributed by atoms with Gasteiger partial charge in [0.1, 0.15) is 9.22 Å². The summed E-state index contributed by atoms with van der Waals surface area (Å²) in [6, 6.07) is 7.12. The fraction of sp³-hybridized carbons (Fsp3) is 0.350. The molecule has 30 heavy (non-hydrogen) atoms. The average Bonchev–Trinajstić information content (AvgIpc) is 3.44. The van der Waals surface area contributed by atoms with Gasteiger partial charge in [0.05, 0.1) is 18.7 Å². The maximum Gasteiger partial charge on any atom is 0.252 e. The van der Waals surface area contributed by atoms with Crippen molar-refractivity contribution in [3.05, 3.63) is 51.9 Å². The smallest absolute Gasteiger partial charge is 0.252 e. The number of piperidine rings is 1. The quantitative estimate of drug-likeness (QED) is 0.582. The Balaban J connectivity index is 1.32. The van der Waals surface area contributed by atoms with Crippen molar-refractivity contribution >= 4 is 38.6 Å². The molecule has 0 saturated carbocycles. The number of pyridine rings is 1. The van der Waals surface area contributed by atoms with E-state index in [0.29, 0.717) is 23.8 Å². The van der Waals surface area contributed by atoms with Crippen LogP contribution in [-0.2, 0) is 27.8 Å². The van der Waals surface area contributed by atoms with E-state index in [1.807, 2.05) is 17.5 Å². The van der Waals surface area contributed by atoms with Gasteiger partial charge in [-0.25, -0.2) is 13.4 Å². The minimum absolute atomic E-state index is 0.153. The Morgan fingerprint density at radius 1 is 1.10 bits per heavy atom. The largest absolute Gasteiger partial charge is 0.349 e. The minimum atomic E-state index is -3.45. The summed E-state index contributed by atoms with van der Waals surface area (Å²) in [5.41, 5.74) is 1.84. The Morgan fingerprint density at radius 2 is 1.87 bits per heavy atom. The fourth-order valence-electron chi connectivity index (χ4n) is 3.27. The summed E-state index contributed by atoms with van der Waals surface area (Å²) in [7, 11) is -3.45. The summed E-state index contributed by atoms with van der Waals surface area (Å²) in [6.07, 6.45) is 6.47. The van der Waals surface area contributed by atoms with E-state index in [1.165, 1.54) is 22.7 Å². The molecule has 0 atom stereocenters. The number of rotatable bonds is 7. The van der Waals surface area contributed by atoms with Crippen LogP contribution in [0.2, 0.25) is 0 Å². The highest BCUT2D eigenvalue weighted by atomic mass is 32.2. The number of hydrogen-bond acceptors (Lipinski definition) is 7. The lowest BCUT2D eigenvalue weighted by Crippen LogP contribution is -2.35. The third kappa shape index (κ3) is 4.94. The number of carbonyl (C=O) groups excluding carboxylic acids is 1. The second kappa shape index (κ2) is 9.34. The van der Waals surface area contributed by atoms with Crippen molar-refractivity contribution in [2.75, 3.05) is 13.1 Å². The molecule has 3 aromatic rings. The van der Waals surface area contributed by atoms with Gasteiger partial charge in [0.25, 0.3) is 10.0 Å². The van der Waals surface area contributed by atoms with Crippen molar-refractivity contribution in [1.82, 2.24) is 19.6 Å². The van der Waals surface area contributed by atoms with E-state index < -0.39 is 10.0 Å². The van der Waals surface area contributed by atoms with Crippen molar-refractivity contribution in [2.24, 2.45) is 0 Å². The number of amides is 1. The molecule has 0 bridgehead atoms. The number of carbonyl (C=O) groups is 1. The second-order valence-corrected chi connectivity index (χ2v) is 11.3. The van der Waals surface area contributed by atoms with Crippen LogP contribution in [0.5, 0.6) is 0 Å². The molecule has 1 amide bonds. The van der Waals surface area contributed by atoms with Crippen LogP contribution in [-0.4, -0.2) is 41.7 Å². The van der Waals surface area contributed by atoms with Crippen LogP contribution >= 0.6 is 22.7 Å². The molecule has 0 spiro atoms. The van der Waals surface area contributed by atoms with Crippen molar-refractivity contribution in [2.45, 2.75) is 36.4 Å². The first kappa shape index (κ1) is 21.1. The van der Waals surface area contributed by atoms with Crippen molar-refractivity contribution < 1.29 is 13.2 Å². The van der Waals surface area contributed by atoms with E-state index in [2.05, 4.69) is 15.3 Å². The Bertz CT molecular complexity index is 1100. The van der Waals surface area contributed by atoms with Gasteiger partial charge in [-0.2, -0.15) is 4.31 Å². The molecule has 1 fully saturated rings. The van der Waals surface area contributed by atoms with Crippen LogP contribution in [0, 0.1) is 0 Å². The summed E-state index contributed by atoms with van der Waals surface area (Å²) in [4.78, 5) is 21.6. The number of thiophene rings is 1. The van der Waals surface area contributed by atoms with Crippen LogP contribution in [0.15, 0.2) is 46.2 Å². The molecule has 0 aliphatic carbocycles. The summed E-state index contributed by atoms with van der Waals surface area (Å²) in [5, 5.41) is 5.63. The molecule has 158 valence electrons. The van der Waals surface area contributed by atoms with Gasteiger partial charge in [-0.05, 0) is 37.1 Å². The highest BCUT2D eigenvalue weighted by Gasteiger charge is 2.27. The lowest BCUT2D eigenvalue weighted by molar-refractivity contribution is -0.120. The Kier molecular flexibility index (Phi) is 6.57. The number of thiazole rings is 1. The first-order valence-corrected chi connectivity index (χ1v) is 12.9. The molecule has 0 unspecified atom stereocenters. The van der Waals surface area contributed by atoms with Crippen molar-refractivity contribution in [1.29, 1.82) is 0 Å².